The molecule has 0 spiro atoms. The Kier molecular flexibility index (Phi) is 5.27. The highest BCUT2D eigenvalue weighted by Crippen LogP contribution is 2.30. The quantitative estimate of drug-likeness (QED) is 0.864. The number of nitrogens with one attached hydrogen (secondary N) is 1. The fourth-order valence-corrected chi connectivity index (χ4v) is 3.43. The molecular formula is C15H23BrN2O2. The molecule has 4 nitrogen and oxygen atoms in total. The Morgan fingerprint density at radius 3 is 2.85 bits per heavy atom. The van der Waals surface area contributed by atoms with Gasteiger partial charge in [-0.1, -0.05) is 6.42 Å². The van der Waals surface area contributed by atoms with E-state index in [1.165, 1.54) is 0 Å². The highest BCUT2D eigenvalue weighted by atomic mass is 79.9. The minimum absolute atomic E-state index is 0.0343. The van der Waals surface area contributed by atoms with Gasteiger partial charge in [-0.15, -0.1) is 0 Å². The van der Waals surface area contributed by atoms with E-state index in [-0.39, 0.29) is 18.6 Å². The van der Waals surface area contributed by atoms with Crippen molar-refractivity contribution in [2.75, 3.05) is 13.2 Å². The second kappa shape index (κ2) is 6.76. The van der Waals surface area contributed by atoms with Crippen LogP contribution in [0.3, 0.4) is 0 Å². The lowest BCUT2D eigenvalue weighted by atomic mass is 9.97. The lowest BCUT2D eigenvalue weighted by molar-refractivity contribution is 0.0927. The van der Waals surface area contributed by atoms with Crippen LogP contribution in [0, 0.1) is 11.8 Å². The number of hydrogen-bond donors (Lipinski definition) is 2. The van der Waals surface area contributed by atoms with E-state index in [0.717, 1.165) is 23.7 Å². The molecule has 2 atom stereocenters. The molecule has 2 rings (SSSR count). The largest absolute Gasteiger partial charge is 0.396 e. The van der Waals surface area contributed by atoms with Crippen LogP contribution in [-0.4, -0.2) is 28.7 Å². The van der Waals surface area contributed by atoms with Gasteiger partial charge in [-0.3, -0.25) is 4.79 Å². The molecule has 0 aromatic carbocycles. The summed E-state index contributed by atoms with van der Waals surface area (Å²) in [5, 5.41) is 12.3. The van der Waals surface area contributed by atoms with Gasteiger partial charge in [0.25, 0.3) is 5.91 Å². The van der Waals surface area contributed by atoms with Crippen LogP contribution in [0.5, 0.6) is 0 Å². The van der Waals surface area contributed by atoms with Gasteiger partial charge >= 0.3 is 0 Å². The number of amides is 1. The maximum absolute atomic E-state index is 12.3. The summed E-state index contributed by atoms with van der Waals surface area (Å²) in [7, 11) is 0. The zero-order valence-electron chi connectivity index (χ0n) is 12.1. The lowest BCUT2D eigenvalue weighted by Gasteiger charge is -2.18. The third-order valence-corrected chi connectivity index (χ3v) is 4.61. The molecule has 0 saturated heterocycles. The highest BCUT2D eigenvalue weighted by molar-refractivity contribution is 9.10. The summed E-state index contributed by atoms with van der Waals surface area (Å²) in [5.74, 6) is 0.724. The van der Waals surface area contributed by atoms with Gasteiger partial charge in [-0.2, -0.15) is 0 Å². The van der Waals surface area contributed by atoms with E-state index in [0.29, 0.717) is 24.1 Å². The molecule has 0 bridgehead atoms. The fourth-order valence-electron chi connectivity index (χ4n) is 2.99. The van der Waals surface area contributed by atoms with Crippen LogP contribution >= 0.6 is 15.9 Å². The standard InChI is InChI=1S/C15H23BrN2O2/c1-10(2)18-8-13(16)6-14(18)15(20)17-7-11-4-3-5-12(11)9-19/h6,8,10-12,19H,3-5,7,9H2,1-2H3,(H,17,20). The fraction of sp³-hybridized carbons (Fsp3) is 0.667. The summed E-state index contributed by atoms with van der Waals surface area (Å²) in [4.78, 5) is 12.3. The number of nitrogens with zero attached hydrogens (tertiary/aromatic N) is 1. The van der Waals surface area contributed by atoms with Crippen LogP contribution in [0.2, 0.25) is 0 Å². The zero-order valence-corrected chi connectivity index (χ0v) is 13.7. The molecule has 1 fully saturated rings. The Morgan fingerprint density at radius 1 is 1.50 bits per heavy atom. The number of aromatic nitrogens is 1. The number of rotatable bonds is 5. The molecule has 1 aromatic heterocycles. The van der Waals surface area contributed by atoms with E-state index in [1.807, 2.05) is 16.8 Å². The summed E-state index contributed by atoms with van der Waals surface area (Å²) >= 11 is 3.42. The molecule has 5 heteroatoms. The molecule has 0 radical (unpaired) electrons. The Labute approximate surface area is 128 Å². The Morgan fingerprint density at radius 2 is 2.20 bits per heavy atom. The maximum atomic E-state index is 12.3. The van der Waals surface area contributed by atoms with Crippen molar-refractivity contribution in [2.24, 2.45) is 11.8 Å². The number of carbonyl (C=O) groups is 1. The molecule has 20 heavy (non-hydrogen) atoms. The van der Waals surface area contributed by atoms with Gasteiger partial charge in [-0.05, 0) is 60.5 Å². The zero-order chi connectivity index (χ0) is 14.7. The van der Waals surface area contributed by atoms with Crippen molar-refractivity contribution in [3.8, 4) is 0 Å². The first-order valence-electron chi connectivity index (χ1n) is 7.29. The van der Waals surface area contributed by atoms with Crippen LogP contribution in [0.4, 0.5) is 0 Å². The Balaban J connectivity index is 1.98. The monoisotopic (exact) mass is 342 g/mol. The minimum atomic E-state index is -0.0343. The van der Waals surface area contributed by atoms with E-state index in [2.05, 4.69) is 35.1 Å². The van der Waals surface area contributed by atoms with Crippen molar-refractivity contribution in [3.63, 3.8) is 0 Å². The summed E-state index contributed by atoms with van der Waals surface area (Å²) in [6.45, 7) is 5.00. The van der Waals surface area contributed by atoms with E-state index in [4.69, 9.17) is 0 Å². The first kappa shape index (κ1) is 15.6. The van der Waals surface area contributed by atoms with Gasteiger partial charge in [0.2, 0.25) is 0 Å². The van der Waals surface area contributed by atoms with E-state index in [9.17, 15) is 9.90 Å². The van der Waals surface area contributed by atoms with Crippen LogP contribution < -0.4 is 5.32 Å². The van der Waals surface area contributed by atoms with Crippen molar-refractivity contribution in [1.82, 2.24) is 9.88 Å². The molecule has 1 amide bonds. The molecule has 1 aliphatic carbocycles. The van der Waals surface area contributed by atoms with Crippen LogP contribution in [0.1, 0.15) is 49.6 Å². The maximum Gasteiger partial charge on any atom is 0.267 e. The summed E-state index contributed by atoms with van der Waals surface area (Å²) in [6, 6.07) is 2.10. The number of hydrogen-bond acceptors (Lipinski definition) is 2. The van der Waals surface area contributed by atoms with Gasteiger partial charge in [0.1, 0.15) is 5.69 Å². The molecule has 1 aliphatic rings. The SMILES string of the molecule is CC(C)n1cc(Br)cc1C(=O)NCC1CCCC1CO. The second-order valence-corrected chi connectivity index (χ2v) is 6.80. The molecule has 2 unspecified atom stereocenters. The van der Waals surface area contributed by atoms with Gasteiger partial charge < -0.3 is 15.0 Å². The average Bonchev–Trinajstić information content (AvgIpc) is 3.01. The number of carbonyl (C=O) groups excluding carboxylic acids is 1. The van der Waals surface area contributed by atoms with Crippen molar-refractivity contribution in [3.05, 3.63) is 22.4 Å². The van der Waals surface area contributed by atoms with Crippen LogP contribution in [0.25, 0.3) is 0 Å². The Bertz CT molecular complexity index is 470. The minimum Gasteiger partial charge on any atom is -0.396 e. The van der Waals surface area contributed by atoms with Crippen molar-refractivity contribution in [1.29, 1.82) is 0 Å². The van der Waals surface area contributed by atoms with E-state index < -0.39 is 0 Å². The van der Waals surface area contributed by atoms with Crippen LogP contribution in [-0.2, 0) is 0 Å². The normalized spacial score (nSPS) is 22.4. The number of aliphatic hydroxyl groups excluding tert-OH is 1. The lowest BCUT2D eigenvalue weighted by Crippen LogP contribution is -2.33. The first-order chi connectivity index (χ1) is 9.52. The van der Waals surface area contributed by atoms with Crippen molar-refractivity contribution < 1.29 is 9.90 Å². The van der Waals surface area contributed by atoms with Gasteiger partial charge in [0.15, 0.2) is 0 Å². The highest BCUT2D eigenvalue weighted by Gasteiger charge is 2.27. The molecule has 1 aromatic rings. The third kappa shape index (κ3) is 3.44. The van der Waals surface area contributed by atoms with E-state index >= 15 is 0 Å². The number of halogens is 1. The van der Waals surface area contributed by atoms with Crippen molar-refractivity contribution >= 4 is 21.8 Å². The molecule has 0 aliphatic heterocycles. The molecule has 1 heterocycles. The molecule has 1 saturated carbocycles. The van der Waals surface area contributed by atoms with Crippen LogP contribution in [0.15, 0.2) is 16.7 Å². The smallest absolute Gasteiger partial charge is 0.267 e. The Hall–Kier alpha value is -0.810. The summed E-state index contributed by atoms with van der Waals surface area (Å²) in [5.41, 5.74) is 0.686. The predicted octanol–water partition coefficient (Wildman–Crippen LogP) is 2.97. The predicted molar refractivity (Wildman–Crippen MR) is 82.8 cm³/mol. The molecular weight excluding hydrogens is 320 g/mol. The topological polar surface area (TPSA) is 54.3 Å². The van der Waals surface area contributed by atoms with Crippen molar-refractivity contribution in [2.45, 2.75) is 39.2 Å². The average molecular weight is 343 g/mol. The van der Waals surface area contributed by atoms with Gasteiger partial charge in [0, 0.05) is 29.9 Å². The summed E-state index contributed by atoms with van der Waals surface area (Å²) in [6.07, 6.45) is 5.26. The first-order valence-corrected chi connectivity index (χ1v) is 8.08. The number of aliphatic hydroxyl groups is 1. The molecule has 2 N–H and O–H groups in total. The third-order valence-electron chi connectivity index (χ3n) is 4.18. The van der Waals surface area contributed by atoms with Gasteiger partial charge in [0.05, 0.1) is 0 Å². The van der Waals surface area contributed by atoms with E-state index in [1.54, 1.807) is 0 Å². The summed E-state index contributed by atoms with van der Waals surface area (Å²) < 4.78 is 2.89. The second-order valence-electron chi connectivity index (χ2n) is 5.89. The van der Waals surface area contributed by atoms with Gasteiger partial charge in [-0.25, -0.2) is 0 Å². The molecule has 112 valence electrons.